The maximum absolute atomic E-state index is 13.7. The molecule has 0 radical (unpaired) electrons. The molecule has 1 amide bonds. The number of thiophene rings is 1. The van der Waals surface area contributed by atoms with E-state index >= 15 is 0 Å². The fourth-order valence-electron chi connectivity index (χ4n) is 5.17. The third-order valence-electron chi connectivity index (χ3n) is 7.40. The number of pyridine rings is 1. The first-order valence-electron chi connectivity index (χ1n) is 12.8. The number of para-hydroxylation sites is 1. The van der Waals surface area contributed by atoms with E-state index in [1.165, 1.54) is 12.8 Å². The maximum atomic E-state index is 13.7. The van der Waals surface area contributed by atoms with Gasteiger partial charge in [-0.2, -0.15) is 0 Å². The number of carbonyl (C=O) groups excluding carboxylic acids is 2. The molecule has 1 atom stereocenters. The zero-order valence-electron chi connectivity index (χ0n) is 19.9. The van der Waals surface area contributed by atoms with Crippen molar-refractivity contribution in [3.63, 3.8) is 0 Å². The average Bonchev–Trinajstić information content (AvgIpc) is 3.39. The number of Topliss-reactive ketones (excluding diaryl/α,β-unsaturated/α-hetero) is 1. The van der Waals surface area contributed by atoms with Gasteiger partial charge in [-0.3, -0.25) is 9.59 Å². The predicted molar refractivity (Wildman–Crippen MR) is 138 cm³/mol. The van der Waals surface area contributed by atoms with Gasteiger partial charge in [-0.1, -0.05) is 24.3 Å². The Balaban J connectivity index is 1.25. The molecule has 0 N–H and O–H groups in total. The Labute approximate surface area is 210 Å². The van der Waals surface area contributed by atoms with Crippen molar-refractivity contribution in [3.05, 3.63) is 70.4 Å². The minimum absolute atomic E-state index is 0.0660. The lowest BCUT2D eigenvalue weighted by atomic mass is 10.0. The molecule has 5 nitrogen and oxygen atoms in total. The van der Waals surface area contributed by atoms with Gasteiger partial charge in [-0.15, -0.1) is 11.3 Å². The Bertz CT molecular complexity index is 1260. The van der Waals surface area contributed by atoms with E-state index in [1.54, 1.807) is 11.3 Å². The number of amides is 1. The third kappa shape index (κ3) is 4.82. The number of ketones is 1. The number of fused-ring (bicyclic) bond motifs is 3. The van der Waals surface area contributed by atoms with E-state index in [4.69, 9.17) is 9.72 Å². The van der Waals surface area contributed by atoms with Crippen LogP contribution in [-0.4, -0.2) is 36.4 Å². The van der Waals surface area contributed by atoms with E-state index in [-0.39, 0.29) is 11.7 Å². The fourth-order valence-corrected chi connectivity index (χ4v) is 6.36. The van der Waals surface area contributed by atoms with Crippen molar-refractivity contribution >= 4 is 28.7 Å². The van der Waals surface area contributed by atoms with Crippen LogP contribution < -0.4 is 4.90 Å². The van der Waals surface area contributed by atoms with Crippen LogP contribution in [0.5, 0.6) is 0 Å². The minimum Gasteiger partial charge on any atom is -0.381 e. The van der Waals surface area contributed by atoms with Gasteiger partial charge in [0.15, 0.2) is 5.78 Å². The van der Waals surface area contributed by atoms with Crippen molar-refractivity contribution in [2.75, 3.05) is 24.7 Å². The first-order chi connectivity index (χ1) is 17.2. The van der Waals surface area contributed by atoms with Crippen LogP contribution >= 0.6 is 11.3 Å². The number of carbonyl (C=O) groups is 2. The molecule has 180 valence electrons. The smallest absolute Gasteiger partial charge is 0.276 e. The van der Waals surface area contributed by atoms with Gasteiger partial charge in [0, 0.05) is 42.3 Å². The number of aryl methyl sites for hydroxylation is 1. The van der Waals surface area contributed by atoms with Crippen LogP contribution in [0.15, 0.2) is 48.5 Å². The van der Waals surface area contributed by atoms with Crippen molar-refractivity contribution in [1.29, 1.82) is 0 Å². The number of hydrogen-bond acceptors (Lipinski definition) is 5. The summed E-state index contributed by atoms with van der Waals surface area (Å²) < 4.78 is 5.49. The van der Waals surface area contributed by atoms with Gasteiger partial charge in [0.25, 0.3) is 5.91 Å². The molecule has 2 aromatic heterocycles. The number of benzene rings is 1. The molecule has 35 heavy (non-hydrogen) atoms. The van der Waals surface area contributed by atoms with Gasteiger partial charge in [-0.05, 0) is 80.2 Å². The predicted octanol–water partition coefficient (Wildman–Crippen LogP) is 5.96. The molecule has 0 spiro atoms. The third-order valence-corrected chi connectivity index (χ3v) is 8.65. The molecule has 4 heterocycles. The number of aromatic nitrogens is 1. The summed E-state index contributed by atoms with van der Waals surface area (Å²) in [6.45, 7) is 2.26. The van der Waals surface area contributed by atoms with Crippen molar-refractivity contribution in [2.24, 2.45) is 11.8 Å². The Morgan fingerprint density at radius 3 is 2.77 bits per heavy atom. The van der Waals surface area contributed by atoms with Gasteiger partial charge < -0.3 is 9.64 Å². The summed E-state index contributed by atoms with van der Waals surface area (Å²) in [4.78, 5) is 35.1. The Morgan fingerprint density at radius 1 is 1.06 bits per heavy atom. The highest BCUT2D eigenvalue weighted by atomic mass is 32.1. The topological polar surface area (TPSA) is 59.5 Å². The fraction of sp³-hybridized carbons (Fsp3) is 0.414. The molecule has 0 bridgehead atoms. The number of nitrogens with zero attached hydrogens (tertiary/aromatic N) is 2. The first kappa shape index (κ1) is 22.6. The van der Waals surface area contributed by atoms with Crippen LogP contribution in [0.25, 0.3) is 10.4 Å². The van der Waals surface area contributed by atoms with Gasteiger partial charge in [0.05, 0.1) is 10.6 Å². The van der Waals surface area contributed by atoms with Crippen LogP contribution in [0, 0.1) is 11.8 Å². The second-order valence-corrected chi connectivity index (χ2v) is 11.1. The zero-order chi connectivity index (χ0) is 23.8. The van der Waals surface area contributed by atoms with Crippen LogP contribution in [0.2, 0.25) is 0 Å². The molecule has 3 aliphatic rings. The van der Waals surface area contributed by atoms with E-state index in [0.717, 1.165) is 71.2 Å². The van der Waals surface area contributed by atoms with E-state index in [2.05, 4.69) is 12.1 Å². The number of ether oxygens (including phenoxy) is 1. The number of anilines is 1. The highest BCUT2D eigenvalue weighted by molar-refractivity contribution is 7.17. The highest BCUT2D eigenvalue weighted by Gasteiger charge is 2.30. The molecule has 2 aliphatic heterocycles. The summed E-state index contributed by atoms with van der Waals surface area (Å²) in [5, 5.41) is 0. The van der Waals surface area contributed by atoms with Crippen molar-refractivity contribution in [2.45, 2.75) is 44.9 Å². The zero-order valence-corrected chi connectivity index (χ0v) is 20.7. The van der Waals surface area contributed by atoms with Crippen LogP contribution in [0.1, 0.15) is 63.5 Å². The van der Waals surface area contributed by atoms with E-state index in [9.17, 15) is 9.59 Å². The molecular weight excluding hydrogens is 456 g/mol. The van der Waals surface area contributed by atoms with E-state index < -0.39 is 0 Å². The summed E-state index contributed by atoms with van der Waals surface area (Å²) in [5.41, 5.74) is 4.54. The molecule has 1 aliphatic carbocycles. The lowest BCUT2D eigenvalue weighted by molar-refractivity contribution is 0.0972. The summed E-state index contributed by atoms with van der Waals surface area (Å²) >= 11 is 1.59. The SMILES string of the molecule is O=C(CC1CC1)c1cc2c(s1)-c1ccccc1N(C(=O)c1cccc(CCC3CCOC3)n1)CC2. The Hall–Kier alpha value is -2.83. The number of hydrogen-bond donors (Lipinski definition) is 0. The van der Waals surface area contributed by atoms with Gasteiger partial charge in [-0.25, -0.2) is 4.98 Å². The molecule has 1 saturated carbocycles. The lowest BCUT2D eigenvalue weighted by Crippen LogP contribution is -2.33. The maximum Gasteiger partial charge on any atom is 0.276 e. The van der Waals surface area contributed by atoms with Gasteiger partial charge in [0.2, 0.25) is 0 Å². The molecule has 3 aromatic rings. The van der Waals surface area contributed by atoms with Crippen molar-refractivity contribution in [3.8, 4) is 10.4 Å². The van der Waals surface area contributed by atoms with Gasteiger partial charge in [0.1, 0.15) is 5.69 Å². The monoisotopic (exact) mass is 486 g/mol. The largest absolute Gasteiger partial charge is 0.381 e. The molecule has 1 saturated heterocycles. The summed E-state index contributed by atoms with van der Waals surface area (Å²) in [6, 6.07) is 15.9. The van der Waals surface area contributed by atoms with Crippen molar-refractivity contribution < 1.29 is 14.3 Å². The second kappa shape index (κ2) is 9.67. The van der Waals surface area contributed by atoms with Crippen LogP contribution in [0.4, 0.5) is 5.69 Å². The first-order valence-corrected chi connectivity index (χ1v) is 13.6. The molecule has 6 heteroatoms. The van der Waals surface area contributed by atoms with E-state index in [0.29, 0.717) is 30.5 Å². The quantitative estimate of drug-likeness (QED) is 0.386. The molecule has 1 aromatic carbocycles. The summed E-state index contributed by atoms with van der Waals surface area (Å²) in [6.07, 6.45) is 6.77. The minimum atomic E-state index is -0.0660. The summed E-state index contributed by atoms with van der Waals surface area (Å²) in [7, 11) is 0. The Morgan fingerprint density at radius 2 is 1.94 bits per heavy atom. The Kier molecular flexibility index (Phi) is 6.25. The molecule has 2 fully saturated rings. The highest BCUT2D eigenvalue weighted by Crippen LogP contribution is 2.43. The van der Waals surface area contributed by atoms with E-state index in [1.807, 2.05) is 41.3 Å². The molecular formula is C29H30N2O3S. The standard InChI is InChI=1S/C29H30N2O3S/c32-26(16-19-8-9-19)27-17-21-12-14-31(25-7-2-1-5-23(25)28(21)35-27)29(33)24-6-3-4-22(30-24)11-10-20-13-15-34-18-20/h1-7,17,19-20H,8-16,18H2. The lowest BCUT2D eigenvalue weighted by Gasteiger charge is -2.23. The average molecular weight is 487 g/mol. The number of rotatable bonds is 7. The van der Waals surface area contributed by atoms with Gasteiger partial charge >= 0.3 is 0 Å². The van der Waals surface area contributed by atoms with Crippen molar-refractivity contribution in [1.82, 2.24) is 4.98 Å². The molecule has 1 unspecified atom stereocenters. The van der Waals surface area contributed by atoms with Crippen LogP contribution in [-0.2, 0) is 17.6 Å². The summed E-state index contributed by atoms with van der Waals surface area (Å²) in [5.74, 6) is 1.37. The second-order valence-electron chi connectivity index (χ2n) is 10.0. The normalized spacial score (nSPS) is 19.2. The van der Waals surface area contributed by atoms with Crippen LogP contribution in [0.3, 0.4) is 0 Å². The molecule has 6 rings (SSSR count).